The van der Waals surface area contributed by atoms with Gasteiger partial charge in [0.1, 0.15) is 5.76 Å². The molecule has 8 heteroatoms. The van der Waals surface area contributed by atoms with Crippen molar-refractivity contribution in [3.8, 4) is 0 Å². The Morgan fingerprint density at radius 2 is 1.80 bits per heavy atom. The average Bonchev–Trinajstić information content (AvgIpc) is 2.49. The maximum Gasteiger partial charge on any atom is 0.573 e. The van der Waals surface area contributed by atoms with Crippen LogP contribution in [-0.2, 0) is 20.7 Å². The van der Waals surface area contributed by atoms with Crippen LogP contribution in [0.4, 0.5) is 13.2 Å². The maximum atomic E-state index is 12.5. The van der Waals surface area contributed by atoms with Crippen LogP contribution in [0.25, 0.3) is 0 Å². The summed E-state index contributed by atoms with van der Waals surface area (Å²) in [6.07, 6.45) is -3.31. The Morgan fingerprint density at radius 1 is 1.20 bits per heavy atom. The molecule has 1 aliphatic rings. The van der Waals surface area contributed by atoms with E-state index in [1.807, 2.05) is 0 Å². The average molecular weight is 356 g/mol. The number of rotatable bonds is 5. The standard InChI is InChI=1S/C17H15F3O5/c1-10-13(14(21)22)12(25-17(18,19)20)7-8-16(10,15(23)24)9-11-5-3-2-4-6-11/h2-8,10H,9H2,1H3,(H,21,22)(H,23,24). The van der Waals surface area contributed by atoms with Crippen molar-refractivity contribution in [1.82, 2.24) is 0 Å². The zero-order valence-corrected chi connectivity index (χ0v) is 13.1. The van der Waals surface area contributed by atoms with Crippen molar-refractivity contribution in [2.45, 2.75) is 19.7 Å². The molecule has 2 N–H and O–H groups in total. The summed E-state index contributed by atoms with van der Waals surface area (Å²) in [6, 6.07) is 8.44. The van der Waals surface area contributed by atoms with Gasteiger partial charge in [0.15, 0.2) is 0 Å². The second-order valence-corrected chi connectivity index (χ2v) is 5.69. The maximum absolute atomic E-state index is 12.5. The van der Waals surface area contributed by atoms with E-state index in [0.717, 1.165) is 12.2 Å². The molecule has 0 aromatic heterocycles. The summed E-state index contributed by atoms with van der Waals surface area (Å²) in [5, 5.41) is 19.0. The zero-order valence-electron chi connectivity index (χ0n) is 13.1. The van der Waals surface area contributed by atoms with Crippen LogP contribution in [0.15, 0.2) is 53.8 Å². The molecule has 0 fully saturated rings. The lowest BCUT2D eigenvalue weighted by Gasteiger charge is -2.36. The summed E-state index contributed by atoms with van der Waals surface area (Å²) in [4.78, 5) is 23.4. The summed E-state index contributed by atoms with van der Waals surface area (Å²) >= 11 is 0. The Bertz CT molecular complexity index is 736. The highest BCUT2D eigenvalue weighted by Gasteiger charge is 2.49. The van der Waals surface area contributed by atoms with E-state index in [4.69, 9.17) is 0 Å². The Morgan fingerprint density at radius 3 is 2.28 bits per heavy atom. The third-order valence-corrected chi connectivity index (χ3v) is 4.20. The van der Waals surface area contributed by atoms with Gasteiger partial charge in [-0.05, 0) is 18.1 Å². The Hall–Kier alpha value is -2.77. The van der Waals surface area contributed by atoms with Gasteiger partial charge < -0.3 is 14.9 Å². The molecule has 0 saturated carbocycles. The second kappa shape index (κ2) is 6.62. The predicted molar refractivity (Wildman–Crippen MR) is 80.3 cm³/mol. The topological polar surface area (TPSA) is 83.8 Å². The van der Waals surface area contributed by atoms with E-state index in [1.165, 1.54) is 6.92 Å². The Balaban J connectivity index is 2.50. The highest BCUT2D eigenvalue weighted by Crippen LogP contribution is 2.44. The molecule has 0 bridgehead atoms. The van der Waals surface area contributed by atoms with Gasteiger partial charge in [-0.2, -0.15) is 0 Å². The van der Waals surface area contributed by atoms with E-state index in [-0.39, 0.29) is 6.42 Å². The number of halogens is 3. The van der Waals surface area contributed by atoms with Crippen molar-refractivity contribution < 1.29 is 37.7 Å². The number of carboxylic acid groups (broad SMARTS) is 2. The van der Waals surface area contributed by atoms with Crippen LogP contribution in [0.1, 0.15) is 12.5 Å². The predicted octanol–water partition coefficient (Wildman–Crippen LogP) is 3.38. The van der Waals surface area contributed by atoms with Gasteiger partial charge in [0, 0.05) is 5.92 Å². The molecule has 0 aliphatic heterocycles. The van der Waals surface area contributed by atoms with E-state index in [1.54, 1.807) is 30.3 Å². The van der Waals surface area contributed by atoms with Gasteiger partial charge in [0.2, 0.25) is 0 Å². The monoisotopic (exact) mass is 356 g/mol. The van der Waals surface area contributed by atoms with Gasteiger partial charge in [0.05, 0.1) is 11.0 Å². The summed E-state index contributed by atoms with van der Waals surface area (Å²) < 4.78 is 41.3. The number of benzene rings is 1. The fourth-order valence-corrected chi connectivity index (χ4v) is 2.91. The number of alkyl halides is 3. The number of aliphatic carboxylic acids is 2. The molecular formula is C17H15F3O5. The first-order valence-corrected chi connectivity index (χ1v) is 7.26. The number of ether oxygens (including phenoxy) is 1. The molecule has 0 spiro atoms. The molecule has 0 amide bonds. The number of allylic oxidation sites excluding steroid dienone is 1. The first-order valence-electron chi connectivity index (χ1n) is 7.26. The van der Waals surface area contributed by atoms with E-state index in [0.29, 0.717) is 5.56 Å². The molecule has 1 aromatic rings. The third-order valence-electron chi connectivity index (χ3n) is 4.20. The van der Waals surface area contributed by atoms with Gasteiger partial charge in [-0.1, -0.05) is 43.3 Å². The van der Waals surface area contributed by atoms with Gasteiger partial charge in [-0.25, -0.2) is 4.79 Å². The molecule has 25 heavy (non-hydrogen) atoms. The van der Waals surface area contributed by atoms with Crippen LogP contribution >= 0.6 is 0 Å². The molecule has 0 heterocycles. The summed E-state index contributed by atoms with van der Waals surface area (Å²) in [6.45, 7) is 1.27. The van der Waals surface area contributed by atoms with Crippen molar-refractivity contribution in [2.75, 3.05) is 0 Å². The van der Waals surface area contributed by atoms with E-state index < -0.39 is 41.0 Å². The van der Waals surface area contributed by atoms with Crippen molar-refractivity contribution in [3.63, 3.8) is 0 Å². The van der Waals surface area contributed by atoms with Crippen LogP contribution in [0.5, 0.6) is 0 Å². The van der Waals surface area contributed by atoms with Crippen LogP contribution in [0, 0.1) is 11.3 Å². The van der Waals surface area contributed by atoms with Gasteiger partial charge in [-0.15, -0.1) is 13.2 Å². The number of carboxylic acids is 2. The lowest BCUT2D eigenvalue weighted by atomic mass is 9.66. The minimum absolute atomic E-state index is 0.0725. The highest BCUT2D eigenvalue weighted by molar-refractivity contribution is 5.92. The van der Waals surface area contributed by atoms with Gasteiger partial charge in [0.25, 0.3) is 0 Å². The van der Waals surface area contributed by atoms with Gasteiger partial charge >= 0.3 is 18.3 Å². The summed E-state index contributed by atoms with van der Waals surface area (Å²) in [7, 11) is 0. The molecule has 5 nitrogen and oxygen atoms in total. The molecule has 134 valence electrons. The van der Waals surface area contributed by atoms with Crippen LogP contribution in [0.3, 0.4) is 0 Å². The first kappa shape index (κ1) is 18.6. The van der Waals surface area contributed by atoms with Crippen molar-refractivity contribution in [1.29, 1.82) is 0 Å². The second-order valence-electron chi connectivity index (χ2n) is 5.69. The molecule has 2 rings (SSSR count). The molecule has 0 radical (unpaired) electrons. The Labute approximate surface area is 141 Å². The molecule has 1 aliphatic carbocycles. The quantitative estimate of drug-likeness (QED) is 0.845. The molecular weight excluding hydrogens is 341 g/mol. The first-order chi connectivity index (χ1) is 11.6. The molecule has 2 unspecified atom stereocenters. The number of hydrogen-bond acceptors (Lipinski definition) is 3. The minimum Gasteiger partial charge on any atom is -0.481 e. The SMILES string of the molecule is CC1C(C(=O)O)=C(OC(F)(F)F)C=CC1(Cc1ccccc1)C(=O)O. The normalized spacial score (nSPS) is 23.4. The largest absolute Gasteiger partial charge is 0.573 e. The van der Waals surface area contributed by atoms with Crippen molar-refractivity contribution in [3.05, 3.63) is 59.4 Å². The number of hydrogen-bond donors (Lipinski definition) is 2. The van der Waals surface area contributed by atoms with E-state index in [2.05, 4.69) is 4.74 Å². The van der Waals surface area contributed by atoms with Crippen LogP contribution < -0.4 is 0 Å². The van der Waals surface area contributed by atoms with Crippen LogP contribution in [-0.4, -0.2) is 28.5 Å². The zero-order chi connectivity index (χ0) is 18.8. The number of carbonyl (C=O) groups is 2. The minimum atomic E-state index is -5.08. The molecule has 0 saturated heterocycles. The fourth-order valence-electron chi connectivity index (χ4n) is 2.91. The Kier molecular flexibility index (Phi) is 4.92. The lowest BCUT2D eigenvalue weighted by Crippen LogP contribution is -2.42. The van der Waals surface area contributed by atoms with Gasteiger partial charge in [-0.3, -0.25) is 4.79 Å². The fraction of sp³-hybridized carbons (Fsp3) is 0.294. The molecule has 2 atom stereocenters. The highest BCUT2D eigenvalue weighted by atomic mass is 19.4. The molecule has 1 aromatic carbocycles. The third kappa shape index (κ3) is 3.84. The van der Waals surface area contributed by atoms with E-state index in [9.17, 15) is 33.0 Å². The van der Waals surface area contributed by atoms with Crippen molar-refractivity contribution in [2.24, 2.45) is 11.3 Å². The summed E-state index contributed by atoms with van der Waals surface area (Å²) in [5.74, 6) is -5.14. The smallest absolute Gasteiger partial charge is 0.481 e. The lowest BCUT2D eigenvalue weighted by molar-refractivity contribution is -0.304. The van der Waals surface area contributed by atoms with Crippen molar-refractivity contribution >= 4 is 11.9 Å². The van der Waals surface area contributed by atoms with Crippen LogP contribution in [0.2, 0.25) is 0 Å². The summed E-state index contributed by atoms with van der Waals surface area (Å²) in [5.41, 5.74) is -1.81. The van der Waals surface area contributed by atoms with E-state index >= 15 is 0 Å².